The van der Waals surface area contributed by atoms with Gasteiger partial charge in [-0.05, 0) is 35.9 Å². The number of anilines is 1. The number of aliphatic hydroxyl groups is 2. The van der Waals surface area contributed by atoms with Crippen LogP contribution in [0.3, 0.4) is 0 Å². The van der Waals surface area contributed by atoms with Gasteiger partial charge in [-0.1, -0.05) is 47.1 Å². The van der Waals surface area contributed by atoms with E-state index in [-0.39, 0.29) is 23.6 Å². The van der Waals surface area contributed by atoms with Crippen molar-refractivity contribution in [2.45, 2.75) is 16.9 Å². The highest BCUT2D eigenvalue weighted by atomic mass is 35.5. The number of ether oxygens (including phenoxy) is 1. The normalized spacial score (nSPS) is 11.5. The smallest absolute Gasteiger partial charge is 0.226 e. The van der Waals surface area contributed by atoms with Crippen LogP contribution in [0.25, 0.3) is 22.6 Å². The van der Waals surface area contributed by atoms with E-state index < -0.39 is 12.7 Å². The molecule has 0 aliphatic heterocycles. The highest BCUT2D eigenvalue weighted by Crippen LogP contribution is 2.37. The van der Waals surface area contributed by atoms with Gasteiger partial charge in [0.05, 0.1) is 27.9 Å². The monoisotopic (exact) mass is 567 g/mol. The number of aliphatic hydroxyl groups excluding tert-OH is 2. The summed E-state index contributed by atoms with van der Waals surface area (Å²) < 4.78 is 11.0. The van der Waals surface area contributed by atoms with E-state index >= 15 is 0 Å². The van der Waals surface area contributed by atoms with Crippen molar-refractivity contribution in [3.05, 3.63) is 75.6 Å². The zero-order valence-electron chi connectivity index (χ0n) is 19.6. The molecule has 0 aliphatic carbocycles. The SMILES string of the molecule is N#Cc1c(N)nc(SCc2coc(-c3ccc(Cl)c(Cl)c3)n2)c(C#N)c1-c1ccc(OC[C@@H](O)CO)cc1. The Morgan fingerprint density at radius 2 is 1.74 bits per heavy atom. The van der Waals surface area contributed by atoms with E-state index in [4.69, 9.17) is 43.2 Å². The molecule has 0 unspecified atom stereocenters. The van der Waals surface area contributed by atoms with Crippen molar-refractivity contribution >= 4 is 40.8 Å². The van der Waals surface area contributed by atoms with E-state index in [0.29, 0.717) is 54.8 Å². The number of thioether (sulfide) groups is 1. The van der Waals surface area contributed by atoms with E-state index in [9.17, 15) is 15.6 Å². The zero-order chi connectivity index (χ0) is 27.2. The molecule has 192 valence electrons. The summed E-state index contributed by atoms with van der Waals surface area (Å²) in [5.41, 5.74) is 8.55. The standard InChI is InChI=1S/C26H19Cl2N5O4S/c27-21-6-3-15(7-22(21)28)25-32-16(11-37-25)13-38-26-20(9-30)23(19(8-29)24(31)33-26)14-1-4-18(5-2-14)36-12-17(35)10-34/h1-7,11,17,34-35H,10,12-13H2,(H2,31,33)/t17-/m0/s1. The van der Waals surface area contributed by atoms with Crippen molar-refractivity contribution < 1.29 is 19.4 Å². The van der Waals surface area contributed by atoms with Gasteiger partial charge in [-0.2, -0.15) is 10.5 Å². The van der Waals surface area contributed by atoms with Gasteiger partial charge in [0.15, 0.2) is 0 Å². The summed E-state index contributed by atoms with van der Waals surface area (Å²) in [6.07, 6.45) is 0.492. The topological polar surface area (TPSA) is 162 Å². The molecule has 0 aliphatic rings. The number of pyridine rings is 1. The highest BCUT2D eigenvalue weighted by molar-refractivity contribution is 7.98. The first kappa shape index (κ1) is 27.3. The zero-order valence-corrected chi connectivity index (χ0v) is 21.9. The molecule has 0 amide bonds. The second kappa shape index (κ2) is 12.2. The van der Waals surface area contributed by atoms with Crippen molar-refractivity contribution in [2.75, 3.05) is 18.9 Å². The lowest BCUT2D eigenvalue weighted by Gasteiger charge is -2.14. The van der Waals surface area contributed by atoms with Gasteiger partial charge < -0.3 is 25.1 Å². The molecule has 0 fully saturated rings. The van der Waals surface area contributed by atoms with Crippen LogP contribution in [0, 0.1) is 22.7 Å². The summed E-state index contributed by atoms with van der Waals surface area (Å²) >= 11 is 13.3. The van der Waals surface area contributed by atoms with Gasteiger partial charge in [-0.25, -0.2) is 9.97 Å². The van der Waals surface area contributed by atoms with Gasteiger partial charge in [0.2, 0.25) is 5.89 Å². The lowest BCUT2D eigenvalue weighted by molar-refractivity contribution is 0.0536. The van der Waals surface area contributed by atoms with Gasteiger partial charge in [0.25, 0.3) is 0 Å². The summed E-state index contributed by atoms with van der Waals surface area (Å²) in [6.45, 7) is -0.502. The molecule has 12 heteroatoms. The molecule has 0 radical (unpaired) electrons. The number of oxazole rings is 1. The number of hydrogen-bond acceptors (Lipinski definition) is 10. The number of halogens is 2. The van der Waals surface area contributed by atoms with Gasteiger partial charge in [0.1, 0.15) is 53.3 Å². The van der Waals surface area contributed by atoms with E-state index in [2.05, 4.69) is 16.0 Å². The molecule has 0 bridgehead atoms. The molecule has 0 saturated carbocycles. The Hall–Kier alpha value is -3.77. The fraction of sp³-hybridized carbons (Fsp3) is 0.154. The third-order valence-corrected chi connectivity index (χ3v) is 7.03. The summed E-state index contributed by atoms with van der Waals surface area (Å²) in [5, 5.41) is 39.3. The maximum Gasteiger partial charge on any atom is 0.226 e. The summed E-state index contributed by atoms with van der Waals surface area (Å²) in [7, 11) is 0. The van der Waals surface area contributed by atoms with E-state index in [1.807, 2.05) is 6.07 Å². The molecular formula is C26H19Cl2N5O4S. The molecule has 2 heterocycles. The van der Waals surface area contributed by atoms with Gasteiger partial charge in [0, 0.05) is 16.9 Å². The van der Waals surface area contributed by atoms with Crippen molar-refractivity contribution in [2.24, 2.45) is 0 Å². The van der Waals surface area contributed by atoms with Crippen molar-refractivity contribution in [1.29, 1.82) is 10.5 Å². The minimum Gasteiger partial charge on any atom is -0.491 e. The number of rotatable bonds is 9. The number of nitriles is 2. The second-order valence-electron chi connectivity index (χ2n) is 7.88. The maximum absolute atomic E-state index is 10.0. The van der Waals surface area contributed by atoms with Crippen molar-refractivity contribution in [1.82, 2.24) is 9.97 Å². The van der Waals surface area contributed by atoms with Gasteiger partial charge in [-0.15, -0.1) is 0 Å². The van der Waals surface area contributed by atoms with Crippen LogP contribution >= 0.6 is 35.0 Å². The van der Waals surface area contributed by atoms with E-state index in [1.54, 1.807) is 42.5 Å². The number of nitrogens with two attached hydrogens (primary N) is 1. The molecule has 2 aromatic carbocycles. The molecule has 0 saturated heterocycles. The fourth-order valence-corrected chi connectivity index (χ4v) is 4.60. The van der Waals surface area contributed by atoms with Crippen molar-refractivity contribution in [3.8, 4) is 40.5 Å². The Bertz CT molecular complexity index is 1550. The molecule has 38 heavy (non-hydrogen) atoms. The predicted octanol–water partition coefficient (Wildman–Crippen LogP) is 5.06. The first-order valence-electron chi connectivity index (χ1n) is 11.0. The van der Waals surface area contributed by atoms with E-state index in [0.717, 1.165) is 0 Å². The minimum atomic E-state index is -1.01. The largest absolute Gasteiger partial charge is 0.491 e. The van der Waals surface area contributed by atoms with Gasteiger partial charge in [-0.3, -0.25) is 0 Å². The Labute approximate surface area is 232 Å². The third kappa shape index (κ3) is 6.03. The molecular weight excluding hydrogens is 549 g/mol. The maximum atomic E-state index is 10.0. The molecule has 4 rings (SSSR count). The Morgan fingerprint density at radius 1 is 1.03 bits per heavy atom. The van der Waals surface area contributed by atoms with E-state index in [1.165, 1.54) is 18.0 Å². The first-order chi connectivity index (χ1) is 18.3. The Balaban J connectivity index is 1.60. The second-order valence-corrected chi connectivity index (χ2v) is 9.66. The summed E-state index contributed by atoms with van der Waals surface area (Å²) in [5.74, 6) is 1.12. The Kier molecular flexibility index (Phi) is 8.74. The van der Waals surface area contributed by atoms with Crippen LogP contribution in [0.1, 0.15) is 16.8 Å². The minimum absolute atomic E-state index is 0.00737. The Morgan fingerprint density at radius 3 is 2.39 bits per heavy atom. The number of nitrogen functional groups attached to an aromatic ring is 1. The lowest BCUT2D eigenvalue weighted by Crippen LogP contribution is -2.21. The van der Waals surface area contributed by atoms with Crippen LogP contribution in [0.4, 0.5) is 5.82 Å². The molecule has 9 nitrogen and oxygen atoms in total. The fourth-order valence-electron chi connectivity index (χ4n) is 3.43. The summed E-state index contributed by atoms with van der Waals surface area (Å²) in [6, 6.07) is 15.8. The number of hydrogen-bond donors (Lipinski definition) is 3. The molecule has 1 atom stereocenters. The average molecular weight is 568 g/mol. The number of aromatic nitrogens is 2. The highest BCUT2D eigenvalue weighted by Gasteiger charge is 2.21. The van der Waals surface area contributed by atoms with Crippen LogP contribution < -0.4 is 10.5 Å². The molecule has 0 spiro atoms. The van der Waals surface area contributed by atoms with Crippen LogP contribution in [-0.4, -0.2) is 39.5 Å². The number of benzene rings is 2. The summed E-state index contributed by atoms with van der Waals surface area (Å²) in [4.78, 5) is 8.78. The average Bonchev–Trinajstić information content (AvgIpc) is 3.41. The van der Waals surface area contributed by atoms with Crippen LogP contribution in [0.2, 0.25) is 10.0 Å². The molecule has 2 aromatic heterocycles. The van der Waals surface area contributed by atoms with Crippen molar-refractivity contribution in [3.63, 3.8) is 0 Å². The van der Waals surface area contributed by atoms with Gasteiger partial charge >= 0.3 is 0 Å². The quantitative estimate of drug-likeness (QED) is 0.233. The molecule has 4 aromatic rings. The first-order valence-corrected chi connectivity index (χ1v) is 12.8. The third-order valence-electron chi connectivity index (χ3n) is 5.29. The molecule has 4 N–H and O–H groups in total. The van der Waals surface area contributed by atoms with Crippen LogP contribution in [-0.2, 0) is 5.75 Å². The van der Waals surface area contributed by atoms with Crippen LogP contribution in [0.15, 0.2) is 58.2 Å². The van der Waals surface area contributed by atoms with Crippen LogP contribution in [0.5, 0.6) is 5.75 Å². The lowest BCUT2D eigenvalue weighted by atomic mass is 9.97. The predicted molar refractivity (Wildman–Crippen MR) is 144 cm³/mol. The number of nitrogens with zero attached hydrogens (tertiary/aromatic N) is 4.